The summed E-state index contributed by atoms with van der Waals surface area (Å²) in [6, 6.07) is 10.8. The molecule has 27 heavy (non-hydrogen) atoms. The van der Waals surface area contributed by atoms with Crippen LogP contribution in [-0.4, -0.2) is 38.6 Å². The summed E-state index contributed by atoms with van der Waals surface area (Å²) in [5, 5.41) is 16.5. The Hall–Kier alpha value is -3.69. The van der Waals surface area contributed by atoms with Crippen molar-refractivity contribution in [2.45, 2.75) is 6.54 Å². The van der Waals surface area contributed by atoms with Crippen LogP contribution >= 0.6 is 0 Å². The van der Waals surface area contributed by atoms with Crippen LogP contribution in [0.1, 0.15) is 0 Å². The second-order valence-electron chi connectivity index (χ2n) is 5.48. The number of hydrogen-bond donors (Lipinski definition) is 2. The summed E-state index contributed by atoms with van der Waals surface area (Å²) in [6.07, 6.45) is 0. The first-order valence-electron chi connectivity index (χ1n) is 7.85. The fourth-order valence-corrected chi connectivity index (χ4v) is 2.13. The Morgan fingerprint density at radius 2 is 1.56 bits per heavy atom. The third-order valence-electron chi connectivity index (χ3n) is 3.41. The molecule has 0 atom stereocenters. The number of tetrazole rings is 1. The van der Waals surface area contributed by atoms with Crippen molar-refractivity contribution in [2.75, 3.05) is 11.9 Å². The van der Waals surface area contributed by atoms with Crippen LogP contribution in [0.2, 0.25) is 0 Å². The maximum absolute atomic E-state index is 12.9. The normalized spacial score (nSPS) is 10.4. The van der Waals surface area contributed by atoms with Crippen LogP contribution in [0.3, 0.4) is 0 Å². The highest BCUT2D eigenvalue weighted by Gasteiger charge is 2.11. The first-order chi connectivity index (χ1) is 13.0. The van der Waals surface area contributed by atoms with Crippen LogP contribution in [0.15, 0.2) is 48.5 Å². The molecular weight excluding hydrogens is 358 g/mol. The number of carbonyl (C=O) groups excluding carboxylic acids is 2. The fourth-order valence-electron chi connectivity index (χ4n) is 2.13. The van der Waals surface area contributed by atoms with Crippen molar-refractivity contribution in [1.29, 1.82) is 0 Å². The second-order valence-corrected chi connectivity index (χ2v) is 5.48. The largest absolute Gasteiger partial charge is 0.345 e. The minimum absolute atomic E-state index is 0.238. The molecule has 0 saturated heterocycles. The van der Waals surface area contributed by atoms with E-state index in [0.29, 0.717) is 11.3 Å². The average Bonchev–Trinajstić information content (AvgIpc) is 3.11. The molecule has 3 aromatic rings. The zero-order chi connectivity index (χ0) is 19.2. The smallest absolute Gasteiger partial charge is 0.244 e. The van der Waals surface area contributed by atoms with Gasteiger partial charge in [0, 0.05) is 11.3 Å². The lowest BCUT2D eigenvalue weighted by Gasteiger charge is -2.06. The number of amides is 2. The highest BCUT2D eigenvalue weighted by molar-refractivity contribution is 5.94. The number of nitrogens with zero attached hydrogens (tertiary/aromatic N) is 4. The highest BCUT2D eigenvalue weighted by atomic mass is 19.1. The van der Waals surface area contributed by atoms with Gasteiger partial charge < -0.3 is 10.6 Å². The number of hydrogen-bond acceptors (Lipinski definition) is 5. The van der Waals surface area contributed by atoms with Gasteiger partial charge in [0.15, 0.2) is 0 Å². The summed E-state index contributed by atoms with van der Waals surface area (Å²) in [6.45, 7) is -0.506. The molecule has 0 aliphatic carbocycles. The Morgan fingerprint density at radius 1 is 0.926 bits per heavy atom. The van der Waals surface area contributed by atoms with Crippen molar-refractivity contribution in [3.05, 3.63) is 60.2 Å². The van der Waals surface area contributed by atoms with E-state index in [4.69, 9.17) is 0 Å². The van der Waals surface area contributed by atoms with Crippen LogP contribution in [0, 0.1) is 11.6 Å². The molecule has 10 heteroatoms. The van der Waals surface area contributed by atoms with E-state index in [9.17, 15) is 18.4 Å². The summed E-state index contributed by atoms with van der Waals surface area (Å²) in [5.41, 5.74) is 0.972. The van der Waals surface area contributed by atoms with Gasteiger partial charge >= 0.3 is 0 Å². The summed E-state index contributed by atoms with van der Waals surface area (Å²) in [7, 11) is 0. The molecule has 2 amide bonds. The van der Waals surface area contributed by atoms with E-state index in [2.05, 4.69) is 26.0 Å². The van der Waals surface area contributed by atoms with Crippen molar-refractivity contribution in [3.8, 4) is 11.4 Å². The lowest BCUT2D eigenvalue weighted by Crippen LogP contribution is -2.35. The van der Waals surface area contributed by atoms with E-state index < -0.39 is 17.6 Å². The van der Waals surface area contributed by atoms with E-state index in [1.807, 2.05) is 0 Å². The minimum atomic E-state index is -0.493. The first kappa shape index (κ1) is 18.1. The van der Waals surface area contributed by atoms with Gasteiger partial charge in [-0.05, 0) is 53.7 Å². The second kappa shape index (κ2) is 8.13. The minimum Gasteiger partial charge on any atom is -0.345 e. The Morgan fingerprint density at radius 3 is 2.22 bits per heavy atom. The average molecular weight is 372 g/mol. The number of anilines is 1. The molecule has 2 N–H and O–H groups in total. The number of rotatable bonds is 6. The number of aromatic nitrogens is 4. The molecule has 1 aromatic heterocycles. The predicted molar refractivity (Wildman–Crippen MR) is 91.3 cm³/mol. The van der Waals surface area contributed by atoms with E-state index in [0.717, 1.165) is 4.80 Å². The van der Waals surface area contributed by atoms with Gasteiger partial charge in [-0.3, -0.25) is 9.59 Å². The van der Waals surface area contributed by atoms with E-state index in [-0.39, 0.29) is 24.7 Å². The first-order valence-corrected chi connectivity index (χ1v) is 7.85. The maximum Gasteiger partial charge on any atom is 0.244 e. The highest BCUT2D eigenvalue weighted by Crippen LogP contribution is 2.13. The van der Waals surface area contributed by atoms with Crippen molar-refractivity contribution >= 4 is 17.5 Å². The molecule has 0 bridgehead atoms. The zero-order valence-corrected chi connectivity index (χ0v) is 13.9. The standard InChI is InChI=1S/C17H14F2N6O2/c18-12-3-1-11(2-4-12)17-22-24-25(23-17)10-16(27)20-9-15(26)21-14-7-5-13(19)6-8-14/h1-8H,9-10H2,(H,20,27)(H,21,26). The number of halogens is 2. The Kier molecular flexibility index (Phi) is 5.45. The molecule has 0 radical (unpaired) electrons. The van der Waals surface area contributed by atoms with Gasteiger partial charge in [0.05, 0.1) is 6.54 Å². The van der Waals surface area contributed by atoms with Gasteiger partial charge in [-0.25, -0.2) is 8.78 Å². The zero-order valence-electron chi connectivity index (χ0n) is 13.9. The molecule has 8 nitrogen and oxygen atoms in total. The third-order valence-corrected chi connectivity index (χ3v) is 3.41. The summed E-state index contributed by atoms with van der Waals surface area (Å²) < 4.78 is 25.7. The Bertz CT molecular complexity index is 941. The van der Waals surface area contributed by atoms with Crippen molar-refractivity contribution in [1.82, 2.24) is 25.5 Å². The van der Waals surface area contributed by atoms with Crippen molar-refractivity contribution in [3.63, 3.8) is 0 Å². The molecule has 138 valence electrons. The maximum atomic E-state index is 12.9. The van der Waals surface area contributed by atoms with Crippen LogP contribution in [0.4, 0.5) is 14.5 Å². The Labute approximate surface area is 152 Å². The van der Waals surface area contributed by atoms with E-state index in [1.54, 1.807) is 0 Å². The molecule has 0 aliphatic rings. The van der Waals surface area contributed by atoms with Crippen LogP contribution in [-0.2, 0) is 16.1 Å². The third kappa shape index (κ3) is 5.14. The lowest BCUT2D eigenvalue weighted by molar-refractivity contribution is -0.124. The summed E-state index contributed by atoms with van der Waals surface area (Å²) >= 11 is 0. The van der Waals surface area contributed by atoms with Gasteiger partial charge in [0.2, 0.25) is 17.6 Å². The quantitative estimate of drug-likeness (QED) is 0.681. The monoisotopic (exact) mass is 372 g/mol. The molecule has 1 heterocycles. The number of nitrogens with one attached hydrogen (secondary N) is 2. The Balaban J connectivity index is 1.48. The van der Waals surface area contributed by atoms with Crippen LogP contribution < -0.4 is 10.6 Å². The lowest BCUT2D eigenvalue weighted by atomic mass is 10.2. The van der Waals surface area contributed by atoms with Gasteiger partial charge in [0.1, 0.15) is 18.2 Å². The summed E-state index contributed by atoms with van der Waals surface area (Å²) in [5.74, 6) is -1.51. The molecule has 0 spiro atoms. The van der Waals surface area contributed by atoms with E-state index >= 15 is 0 Å². The van der Waals surface area contributed by atoms with Gasteiger partial charge in [0.25, 0.3) is 0 Å². The number of benzene rings is 2. The molecule has 0 unspecified atom stereocenters. The SMILES string of the molecule is O=C(Cn1nnc(-c2ccc(F)cc2)n1)NCC(=O)Nc1ccc(F)cc1. The van der Waals surface area contributed by atoms with Gasteiger partial charge in [-0.15, -0.1) is 10.2 Å². The fraction of sp³-hybridized carbons (Fsp3) is 0.118. The summed E-state index contributed by atoms with van der Waals surface area (Å²) in [4.78, 5) is 24.7. The van der Waals surface area contributed by atoms with Crippen LogP contribution in [0.25, 0.3) is 11.4 Å². The van der Waals surface area contributed by atoms with Crippen molar-refractivity contribution < 1.29 is 18.4 Å². The van der Waals surface area contributed by atoms with Crippen LogP contribution in [0.5, 0.6) is 0 Å². The van der Waals surface area contributed by atoms with Gasteiger partial charge in [-0.2, -0.15) is 4.80 Å². The van der Waals surface area contributed by atoms with E-state index in [1.165, 1.54) is 48.5 Å². The molecule has 0 saturated carbocycles. The molecule has 3 rings (SSSR count). The predicted octanol–water partition coefficient (Wildman–Crippen LogP) is 1.37. The molecule has 0 fully saturated rings. The number of carbonyl (C=O) groups is 2. The molecule has 2 aromatic carbocycles. The molecular formula is C17H14F2N6O2. The van der Waals surface area contributed by atoms with Crippen molar-refractivity contribution in [2.24, 2.45) is 0 Å². The topological polar surface area (TPSA) is 102 Å². The van der Waals surface area contributed by atoms with Gasteiger partial charge in [-0.1, -0.05) is 0 Å². The molecule has 0 aliphatic heterocycles.